The first-order valence-electron chi connectivity index (χ1n) is 8.38. The van der Waals surface area contributed by atoms with E-state index in [0.29, 0.717) is 13.1 Å². The molecule has 3 heterocycles. The summed E-state index contributed by atoms with van der Waals surface area (Å²) in [4.78, 5) is 27.4. The highest BCUT2D eigenvalue weighted by atomic mass is 19.4. The molecule has 26 heavy (non-hydrogen) atoms. The molecule has 0 saturated carbocycles. The number of alkyl halides is 3. The summed E-state index contributed by atoms with van der Waals surface area (Å²) in [5, 5.41) is 6.78. The molecular weight excluding hydrogens is 351 g/mol. The van der Waals surface area contributed by atoms with Crippen molar-refractivity contribution in [2.24, 2.45) is 5.92 Å². The molecule has 10 heteroatoms. The fourth-order valence-corrected chi connectivity index (χ4v) is 3.33. The monoisotopic (exact) mass is 371 g/mol. The average molecular weight is 371 g/mol. The molecule has 7 nitrogen and oxygen atoms in total. The predicted molar refractivity (Wildman–Crippen MR) is 84.6 cm³/mol. The van der Waals surface area contributed by atoms with Crippen LogP contribution in [0.3, 0.4) is 0 Å². The molecule has 0 aliphatic carbocycles. The van der Waals surface area contributed by atoms with E-state index in [9.17, 15) is 22.8 Å². The maximum Gasteiger partial charge on any atom is 0.451 e. The SMILES string of the molecule is CC1=CC(=O)N(C[C@@H](C)CC(=O)N2CCn3c(nnc3C(F)(F)F)C2)C1. The van der Waals surface area contributed by atoms with Crippen LogP contribution in [0.4, 0.5) is 13.2 Å². The number of amides is 2. The van der Waals surface area contributed by atoms with Crippen LogP contribution in [0.5, 0.6) is 0 Å². The Morgan fingerprint density at radius 1 is 1.27 bits per heavy atom. The quantitative estimate of drug-likeness (QED) is 0.803. The van der Waals surface area contributed by atoms with E-state index in [2.05, 4.69) is 10.2 Å². The minimum atomic E-state index is -4.56. The van der Waals surface area contributed by atoms with Crippen molar-refractivity contribution in [2.75, 3.05) is 19.6 Å². The van der Waals surface area contributed by atoms with Crippen LogP contribution in [0, 0.1) is 5.92 Å². The Bertz CT molecular complexity index is 756. The number of fused-ring (bicyclic) bond motifs is 1. The molecular formula is C16H20F3N5O2. The van der Waals surface area contributed by atoms with Crippen molar-refractivity contribution < 1.29 is 22.8 Å². The summed E-state index contributed by atoms with van der Waals surface area (Å²) in [6.07, 6.45) is -2.74. The van der Waals surface area contributed by atoms with Crippen molar-refractivity contribution in [3.8, 4) is 0 Å². The summed E-state index contributed by atoms with van der Waals surface area (Å²) < 4.78 is 39.6. The Labute approximate surface area is 148 Å². The maximum absolute atomic E-state index is 12.8. The van der Waals surface area contributed by atoms with Gasteiger partial charge < -0.3 is 14.4 Å². The van der Waals surface area contributed by atoms with Crippen LogP contribution in [0.15, 0.2) is 11.6 Å². The maximum atomic E-state index is 12.8. The van der Waals surface area contributed by atoms with Gasteiger partial charge in [-0.15, -0.1) is 10.2 Å². The molecule has 0 aromatic carbocycles. The third-order valence-electron chi connectivity index (χ3n) is 4.54. The molecule has 0 saturated heterocycles. The third kappa shape index (κ3) is 3.73. The van der Waals surface area contributed by atoms with Gasteiger partial charge in [-0.25, -0.2) is 0 Å². The molecule has 0 fully saturated rings. The lowest BCUT2D eigenvalue weighted by Crippen LogP contribution is -2.41. The number of carbonyl (C=O) groups is 2. The Kier molecular flexibility index (Phi) is 4.76. The van der Waals surface area contributed by atoms with Crippen molar-refractivity contribution in [3.05, 3.63) is 23.3 Å². The zero-order chi connectivity index (χ0) is 19.1. The normalized spacial score (nSPS) is 18.8. The average Bonchev–Trinajstić information content (AvgIpc) is 3.09. The van der Waals surface area contributed by atoms with E-state index in [1.54, 1.807) is 11.0 Å². The first kappa shape index (κ1) is 18.4. The Hall–Kier alpha value is -2.39. The van der Waals surface area contributed by atoms with Crippen molar-refractivity contribution in [2.45, 2.75) is 39.5 Å². The zero-order valence-corrected chi connectivity index (χ0v) is 14.6. The second kappa shape index (κ2) is 6.73. The van der Waals surface area contributed by atoms with Crippen molar-refractivity contribution in [1.29, 1.82) is 0 Å². The lowest BCUT2D eigenvalue weighted by atomic mass is 10.1. The minimum absolute atomic E-state index is 0.0118. The number of nitrogens with zero attached hydrogens (tertiary/aromatic N) is 5. The number of carbonyl (C=O) groups excluding carboxylic acids is 2. The minimum Gasteiger partial charge on any atom is -0.335 e. The van der Waals surface area contributed by atoms with Crippen LogP contribution < -0.4 is 0 Å². The first-order valence-corrected chi connectivity index (χ1v) is 8.38. The topological polar surface area (TPSA) is 71.3 Å². The van der Waals surface area contributed by atoms with Gasteiger partial charge in [0.25, 0.3) is 0 Å². The van der Waals surface area contributed by atoms with Crippen LogP contribution in [0.25, 0.3) is 0 Å². The zero-order valence-electron chi connectivity index (χ0n) is 14.6. The summed E-state index contributed by atoms with van der Waals surface area (Å²) in [7, 11) is 0. The van der Waals surface area contributed by atoms with E-state index in [1.807, 2.05) is 13.8 Å². The number of halogens is 3. The first-order chi connectivity index (χ1) is 12.1. The molecule has 2 aliphatic heterocycles. The van der Waals surface area contributed by atoms with E-state index in [4.69, 9.17) is 0 Å². The van der Waals surface area contributed by atoms with Gasteiger partial charge >= 0.3 is 6.18 Å². The van der Waals surface area contributed by atoms with E-state index in [0.717, 1.165) is 10.1 Å². The van der Waals surface area contributed by atoms with Gasteiger partial charge in [-0.2, -0.15) is 13.2 Å². The summed E-state index contributed by atoms with van der Waals surface area (Å²) in [5.74, 6) is -1.14. The summed E-state index contributed by atoms with van der Waals surface area (Å²) in [6.45, 7) is 5.02. The fraction of sp³-hybridized carbons (Fsp3) is 0.625. The third-order valence-corrected chi connectivity index (χ3v) is 4.54. The van der Waals surface area contributed by atoms with Gasteiger partial charge in [-0.05, 0) is 18.4 Å². The highest BCUT2D eigenvalue weighted by Gasteiger charge is 2.40. The molecule has 2 amide bonds. The molecule has 142 valence electrons. The summed E-state index contributed by atoms with van der Waals surface area (Å²) >= 11 is 0. The van der Waals surface area contributed by atoms with E-state index in [-0.39, 0.29) is 49.6 Å². The lowest BCUT2D eigenvalue weighted by molar-refractivity contribution is -0.148. The molecule has 0 N–H and O–H groups in total. The van der Waals surface area contributed by atoms with E-state index < -0.39 is 12.0 Å². The number of hydrogen-bond donors (Lipinski definition) is 0. The Morgan fingerprint density at radius 2 is 2.00 bits per heavy atom. The van der Waals surface area contributed by atoms with Crippen LogP contribution in [0.1, 0.15) is 31.9 Å². The smallest absolute Gasteiger partial charge is 0.335 e. The fourth-order valence-electron chi connectivity index (χ4n) is 3.33. The second-order valence-corrected chi connectivity index (χ2v) is 6.92. The van der Waals surface area contributed by atoms with Crippen LogP contribution in [-0.2, 0) is 28.9 Å². The Morgan fingerprint density at radius 3 is 2.62 bits per heavy atom. The standard InChI is InChI=1S/C16H20F3N5O2/c1-10(7-23-8-11(2)6-14(23)26)5-13(25)22-3-4-24-12(9-22)20-21-15(24)16(17,18)19/h6,10H,3-5,7-9H2,1-2H3/t10-/m0/s1. The van der Waals surface area contributed by atoms with Crippen LogP contribution in [-0.4, -0.2) is 56.0 Å². The largest absolute Gasteiger partial charge is 0.451 e. The highest BCUT2D eigenvalue weighted by Crippen LogP contribution is 2.29. The molecule has 0 radical (unpaired) electrons. The van der Waals surface area contributed by atoms with Gasteiger partial charge in [-0.1, -0.05) is 6.92 Å². The van der Waals surface area contributed by atoms with Gasteiger partial charge in [0.1, 0.15) is 0 Å². The predicted octanol–water partition coefficient (Wildman–Crippen LogP) is 1.45. The summed E-state index contributed by atoms with van der Waals surface area (Å²) in [6, 6.07) is 0. The Balaban J connectivity index is 1.56. The van der Waals surface area contributed by atoms with Gasteiger partial charge in [0.15, 0.2) is 5.82 Å². The van der Waals surface area contributed by atoms with Gasteiger partial charge in [0.05, 0.1) is 6.54 Å². The number of hydrogen-bond acceptors (Lipinski definition) is 4. The summed E-state index contributed by atoms with van der Waals surface area (Å²) in [5.41, 5.74) is 0.990. The molecule has 2 aliphatic rings. The second-order valence-electron chi connectivity index (χ2n) is 6.92. The van der Waals surface area contributed by atoms with Crippen molar-refractivity contribution in [1.82, 2.24) is 24.6 Å². The van der Waals surface area contributed by atoms with Crippen molar-refractivity contribution in [3.63, 3.8) is 0 Å². The lowest BCUT2D eigenvalue weighted by Gasteiger charge is -2.29. The van der Waals surface area contributed by atoms with E-state index in [1.165, 1.54) is 4.90 Å². The van der Waals surface area contributed by atoms with Crippen LogP contribution >= 0.6 is 0 Å². The molecule has 0 unspecified atom stereocenters. The number of rotatable bonds is 4. The van der Waals surface area contributed by atoms with Gasteiger partial charge in [0, 0.05) is 38.7 Å². The van der Waals surface area contributed by atoms with Crippen molar-refractivity contribution >= 4 is 11.8 Å². The number of aromatic nitrogens is 3. The highest BCUT2D eigenvalue weighted by molar-refractivity contribution is 5.91. The molecule has 0 bridgehead atoms. The van der Waals surface area contributed by atoms with E-state index >= 15 is 0 Å². The molecule has 3 rings (SSSR count). The molecule has 1 aromatic heterocycles. The molecule has 0 spiro atoms. The van der Waals surface area contributed by atoms with Gasteiger partial charge in [-0.3, -0.25) is 9.59 Å². The molecule has 1 atom stereocenters. The van der Waals surface area contributed by atoms with Crippen LogP contribution in [0.2, 0.25) is 0 Å². The van der Waals surface area contributed by atoms with Gasteiger partial charge in [0.2, 0.25) is 17.6 Å². The molecule has 1 aromatic rings.